The molecule has 0 fully saturated rings. The maximum Gasteiger partial charge on any atom is 0.169 e. The molecule has 0 radical (unpaired) electrons. The number of halogens is 2. The fourth-order valence-corrected chi connectivity index (χ4v) is 3.14. The normalized spacial score (nSPS) is 11.1. The van der Waals surface area contributed by atoms with Gasteiger partial charge in [0.15, 0.2) is 5.78 Å². The van der Waals surface area contributed by atoms with Crippen LogP contribution in [0.15, 0.2) is 42.6 Å². The van der Waals surface area contributed by atoms with E-state index in [9.17, 15) is 9.18 Å². The molecule has 0 bridgehead atoms. The minimum atomic E-state index is -0.403. The van der Waals surface area contributed by atoms with E-state index in [2.05, 4.69) is 11.9 Å². The SMILES string of the molecule is CCCCOCCOc1cc(F)ccc1CC(=O)c1c[nH]c2cc(Cl)ccc12. The Morgan fingerprint density at radius 1 is 1.14 bits per heavy atom. The van der Waals surface area contributed by atoms with E-state index in [0.29, 0.717) is 41.7 Å². The van der Waals surface area contributed by atoms with Gasteiger partial charge in [0.2, 0.25) is 0 Å². The second-order valence-corrected chi connectivity index (χ2v) is 7.00. The summed E-state index contributed by atoms with van der Waals surface area (Å²) in [6.07, 6.45) is 3.85. The molecule has 3 rings (SSSR count). The predicted molar refractivity (Wildman–Crippen MR) is 109 cm³/mol. The zero-order valence-corrected chi connectivity index (χ0v) is 16.5. The number of fused-ring (bicyclic) bond motifs is 1. The third-order valence-electron chi connectivity index (χ3n) is 4.45. The van der Waals surface area contributed by atoms with Gasteiger partial charge in [-0.25, -0.2) is 4.39 Å². The molecule has 0 aliphatic carbocycles. The van der Waals surface area contributed by atoms with Crippen molar-refractivity contribution in [1.82, 2.24) is 4.98 Å². The van der Waals surface area contributed by atoms with Crippen LogP contribution in [-0.4, -0.2) is 30.6 Å². The average Bonchev–Trinajstić information content (AvgIpc) is 3.09. The summed E-state index contributed by atoms with van der Waals surface area (Å²) in [5.74, 6) is -0.112. The number of ether oxygens (including phenoxy) is 2. The molecule has 4 nitrogen and oxygen atoms in total. The van der Waals surface area contributed by atoms with Crippen molar-refractivity contribution in [2.45, 2.75) is 26.2 Å². The number of carbonyl (C=O) groups excluding carboxylic acids is 1. The first-order valence-electron chi connectivity index (χ1n) is 9.37. The van der Waals surface area contributed by atoms with Gasteiger partial charge < -0.3 is 14.5 Å². The fraction of sp³-hybridized carbons (Fsp3) is 0.318. The number of Topliss-reactive ketones (excluding diaryl/α,β-unsaturated/α-hetero) is 1. The number of nitrogens with one attached hydrogen (secondary N) is 1. The number of benzene rings is 2. The van der Waals surface area contributed by atoms with Crippen molar-refractivity contribution in [3.63, 3.8) is 0 Å². The van der Waals surface area contributed by atoms with Crippen LogP contribution in [0.3, 0.4) is 0 Å². The molecule has 148 valence electrons. The molecule has 0 saturated carbocycles. The van der Waals surface area contributed by atoms with Crippen LogP contribution in [0.2, 0.25) is 5.02 Å². The van der Waals surface area contributed by atoms with E-state index in [1.807, 2.05) is 6.07 Å². The molecule has 0 atom stereocenters. The molecular formula is C22H23ClFNO3. The minimum absolute atomic E-state index is 0.0794. The van der Waals surface area contributed by atoms with E-state index in [-0.39, 0.29) is 12.2 Å². The lowest BCUT2D eigenvalue weighted by Gasteiger charge is -2.12. The number of H-pyrrole nitrogens is 1. The van der Waals surface area contributed by atoms with Crippen LogP contribution in [0.5, 0.6) is 5.75 Å². The van der Waals surface area contributed by atoms with Gasteiger partial charge in [-0.3, -0.25) is 4.79 Å². The second-order valence-electron chi connectivity index (χ2n) is 6.56. The van der Waals surface area contributed by atoms with Crippen molar-refractivity contribution in [2.75, 3.05) is 19.8 Å². The molecule has 0 aliphatic rings. The van der Waals surface area contributed by atoms with Gasteiger partial charge in [0.1, 0.15) is 18.2 Å². The number of hydrogen-bond acceptors (Lipinski definition) is 3. The van der Waals surface area contributed by atoms with Crippen LogP contribution in [0.25, 0.3) is 10.9 Å². The molecule has 3 aromatic rings. The largest absolute Gasteiger partial charge is 0.491 e. The highest BCUT2D eigenvalue weighted by Gasteiger charge is 2.16. The van der Waals surface area contributed by atoms with Gasteiger partial charge >= 0.3 is 0 Å². The standard InChI is InChI=1S/C22H23ClFNO3/c1-2-3-8-27-9-10-28-22-13-17(24)6-4-15(22)11-21(26)19-14-25-20-12-16(23)5-7-18(19)20/h4-7,12-14,25H,2-3,8-11H2,1H3. The summed E-state index contributed by atoms with van der Waals surface area (Å²) in [6, 6.07) is 9.58. The van der Waals surface area contributed by atoms with E-state index >= 15 is 0 Å². The van der Waals surface area contributed by atoms with Gasteiger partial charge in [-0.15, -0.1) is 0 Å². The average molecular weight is 404 g/mol. The molecule has 0 amide bonds. The third kappa shape index (κ3) is 5.12. The minimum Gasteiger partial charge on any atom is -0.491 e. The molecule has 0 spiro atoms. The maximum atomic E-state index is 13.7. The lowest BCUT2D eigenvalue weighted by Crippen LogP contribution is -2.10. The van der Waals surface area contributed by atoms with Crippen LogP contribution in [-0.2, 0) is 11.2 Å². The number of carbonyl (C=O) groups is 1. The van der Waals surface area contributed by atoms with Gasteiger partial charge in [-0.1, -0.05) is 37.1 Å². The highest BCUT2D eigenvalue weighted by atomic mass is 35.5. The molecule has 1 heterocycles. The Morgan fingerprint density at radius 2 is 2.00 bits per heavy atom. The molecule has 0 unspecified atom stereocenters. The molecule has 1 N–H and O–H groups in total. The van der Waals surface area contributed by atoms with Gasteiger partial charge in [0.05, 0.1) is 6.61 Å². The summed E-state index contributed by atoms with van der Waals surface area (Å²) in [5, 5.41) is 1.41. The Hall–Kier alpha value is -2.37. The third-order valence-corrected chi connectivity index (χ3v) is 4.69. The summed E-state index contributed by atoms with van der Waals surface area (Å²) in [4.78, 5) is 15.9. The smallest absolute Gasteiger partial charge is 0.169 e. The van der Waals surface area contributed by atoms with Crippen LogP contribution >= 0.6 is 11.6 Å². The summed E-state index contributed by atoms with van der Waals surface area (Å²) >= 11 is 5.99. The van der Waals surface area contributed by atoms with Crippen molar-refractivity contribution in [2.24, 2.45) is 0 Å². The van der Waals surface area contributed by atoms with Gasteiger partial charge in [-0.2, -0.15) is 0 Å². The number of hydrogen-bond donors (Lipinski definition) is 1. The van der Waals surface area contributed by atoms with Crippen LogP contribution in [0, 0.1) is 5.82 Å². The highest BCUT2D eigenvalue weighted by Crippen LogP contribution is 2.26. The van der Waals surface area contributed by atoms with E-state index < -0.39 is 5.82 Å². The Morgan fingerprint density at radius 3 is 2.82 bits per heavy atom. The zero-order valence-electron chi connectivity index (χ0n) is 15.8. The Balaban J connectivity index is 1.69. The molecule has 1 aromatic heterocycles. The van der Waals surface area contributed by atoms with Crippen molar-refractivity contribution >= 4 is 28.3 Å². The van der Waals surface area contributed by atoms with Gasteiger partial charge in [0.25, 0.3) is 0 Å². The molecule has 28 heavy (non-hydrogen) atoms. The van der Waals surface area contributed by atoms with Gasteiger partial charge in [0, 0.05) is 52.3 Å². The molecule has 0 aliphatic heterocycles. The quantitative estimate of drug-likeness (QED) is 0.355. The summed E-state index contributed by atoms with van der Waals surface area (Å²) in [5.41, 5.74) is 2.02. The predicted octanol–water partition coefficient (Wildman–Crippen LogP) is 5.58. The lowest BCUT2D eigenvalue weighted by atomic mass is 10.0. The maximum absolute atomic E-state index is 13.7. The molecular weight excluding hydrogens is 381 g/mol. The summed E-state index contributed by atoms with van der Waals surface area (Å²) < 4.78 is 24.8. The van der Waals surface area contributed by atoms with Crippen LogP contribution < -0.4 is 4.74 Å². The number of rotatable bonds is 10. The van der Waals surface area contributed by atoms with Crippen molar-refractivity contribution in [3.05, 3.63) is 64.6 Å². The number of ketones is 1. The molecule has 2 aromatic carbocycles. The van der Waals surface area contributed by atoms with Crippen LogP contribution in [0.4, 0.5) is 4.39 Å². The first-order chi connectivity index (χ1) is 13.6. The highest BCUT2D eigenvalue weighted by molar-refractivity contribution is 6.31. The van der Waals surface area contributed by atoms with Gasteiger partial charge in [-0.05, 0) is 24.6 Å². The first-order valence-corrected chi connectivity index (χ1v) is 9.75. The van der Waals surface area contributed by atoms with E-state index in [4.69, 9.17) is 21.1 Å². The zero-order chi connectivity index (χ0) is 19.9. The Bertz CT molecular complexity index is 954. The number of aromatic nitrogens is 1. The Labute approximate surface area is 168 Å². The van der Waals surface area contributed by atoms with E-state index in [1.165, 1.54) is 12.1 Å². The monoisotopic (exact) mass is 403 g/mol. The topological polar surface area (TPSA) is 51.3 Å². The Kier molecular flexibility index (Phi) is 7.06. The van der Waals surface area contributed by atoms with E-state index in [1.54, 1.807) is 24.4 Å². The van der Waals surface area contributed by atoms with Crippen molar-refractivity contribution < 1.29 is 18.7 Å². The first kappa shape index (κ1) is 20.4. The molecule has 0 saturated heterocycles. The van der Waals surface area contributed by atoms with Crippen molar-refractivity contribution in [1.29, 1.82) is 0 Å². The molecule has 6 heteroatoms. The van der Waals surface area contributed by atoms with Crippen LogP contribution in [0.1, 0.15) is 35.7 Å². The summed E-state index contributed by atoms with van der Waals surface area (Å²) in [7, 11) is 0. The second kappa shape index (κ2) is 9.71. The summed E-state index contributed by atoms with van der Waals surface area (Å²) in [6.45, 7) is 3.50. The fourth-order valence-electron chi connectivity index (χ4n) is 2.97. The van der Waals surface area contributed by atoms with E-state index in [0.717, 1.165) is 23.7 Å². The number of aromatic amines is 1. The lowest BCUT2D eigenvalue weighted by molar-refractivity contribution is 0.0963. The van der Waals surface area contributed by atoms with Crippen molar-refractivity contribution in [3.8, 4) is 5.75 Å². The number of unbranched alkanes of at least 4 members (excludes halogenated alkanes) is 1.